The normalized spacial score (nSPS) is 24.7. The predicted octanol–water partition coefficient (Wildman–Crippen LogP) is 2.25. The van der Waals surface area contributed by atoms with Gasteiger partial charge in [-0.05, 0) is 31.5 Å². The van der Waals surface area contributed by atoms with Gasteiger partial charge < -0.3 is 10.1 Å². The Bertz CT molecular complexity index is 372. The van der Waals surface area contributed by atoms with Crippen LogP contribution in [0.3, 0.4) is 0 Å². The van der Waals surface area contributed by atoms with Gasteiger partial charge in [0.25, 0.3) is 0 Å². The second kappa shape index (κ2) is 4.42. The molecule has 2 nitrogen and oxygen atoms in total. The van der Waals surface area contributed by atoms with Crippen LogP contribution in [0.4, 0.5) is 4.39 Å². The van der Waals surface area contributed by atoms with E-state index in [0.29, 0.717) is 19.4 Å². The molecule has 16 heavy (non-hydrogen) atoms. The molecular weight excluding hydrogens is 205 g/mol. The van der Waals surface area contributed by atoms with Crippen molar-refractivity contribution in [1.29, 1.82) is 0 Å². The van der Waals surface area contributed by atoms with E-state index in [1.165, 1.54) is 0 Å². The molecule has 1 N–H and O–H groups in total. The van der Waals surface area contributed by atoms with Gasteiger partial charge in [0.05, 0.1) is 7.11 Å². The van der Waals surface area contributed by atoms with Gasteiger partial charge in [-0.3, -0.25) is 0 Å². The third-order valence-electron chi connectivity index (χ3n) is 3.13. The number of rotatable bonds is 3. The second-order valence-corrected chi connectivity index (χ2v) is 4.57. The van der Waals surface area contributed by atoms with Crippen molar-refractivity contribution in [3.63, 3.8) is 0 Å². The molecule has 0 bridgehead atoms. The first-order valence-corrected chi connectivity index (χ1v) is 5.66. The Labute approximate surface area is 95.8 Å². The molecule has 1 aliphatic rings. The van der Waals surface area contributed by atoms with Gasteiger partial charge in [-0.25, -0.2) is 4.39 Å². The highest BCUT2D eigenvalue weighted by Gasteiger charge is 2.34. The van der Waals surface area contributed by atoms with Crippen molar-refractivity contribution in [3.8, 4) is 5.75 Å². The maximum Gasteiger partial charge on any atom is 0.128 e. The predicted molar refractivity (Wildman–Crippen MR) is 62.8 cm³/mol. The van der Waals surface area contributed by atoms with Crippen molar-refractivity contribution < 1.29 is 9.13 Å². The molecule has 0 aliphatic carbocycles. The Morgan fingerprint density at radius 1 is 1.50 bits per heavy atom. The number of benzene rings is 1. The van der Waals surface area contributed by atoms with E-state index >= 15 is 0 Å². The van der Waals surface area contributed by atoms with Crippen LogP contribution in [0.1, 0.15) is 17.5 Å². The molecule has 1 aliphatic heterocycles. The van der Waals surface area contributed by atoms with Crippen LogP contribution in [0.15, 0.2) is 18.2 Å². The van der Waals surface area contributed by atoms with Crippen molar-refractivity contribution in [3.05, 3.63) is 29.3 Å². The first-order valence-electron chi connectivity index (χ1n) is 5.66. The Kier molecular flexibility index (Phi) is 3.15. The van der Waals surface area contributed by atoms with Gasteiger partial charge in [0, 0.05) is 13.0 Å². The maximum absolute atomic E-state index is 14.3. The van der Waals surface area contributed by atoms with E-state index in [1.807, 2.05) is 25.1 Å². The summed E-state index contributed by atoms with van der Waals surface area (Å²) in [6.45, 7) is 3.23. The summed E-state index contributed by atoms with van der Waals surface area (Å²) < 4.78 is 19.6. The largest absolute Gasteiger partial charge is 0.496 e. The Morgan fingerprint density at radius 3 is 2.94 bits per heavy atom. The third-order valence-corrected chi connectivity index (χ3v) is 3.13. The van der Waals surface area contributed by atoms with Crippen LogP contribution in [-0.4, -0.2) is 25.9 Å². The smallest absolute Gasteiger partial charge is 0.128 e. The highest BCUT2D eigenvalue weighted by molar-refractivity contribution is 5.38. The highest BCUT2D eigenvalue weighted by atomic mass is 19.1. The molecule has 1 heterocycles. The molecule has 0 spiro atoms. The van der Waals surface area contributed by atoms with E-state index in [0.717, 1.165) is 23.4 Å². The van der Waals surface area contributed by atoms with E-state index in [-0.39, 0.29) is 0 Å². The summed E-state index contributed by atoms with van der Waals surface area (Å²) in [5.74, 6) is 0.787. The first-order chi connectivity index (χ1) is 7.63. The first kappa shape index (κ1) is 11.4. The number of ether oxygens (including phenoxy) is 1. The molecule has 3 heteroatoms. The number of hydrogen-bond donors (Lipinski definition) is 1. The highest BCUT2D eigenvalue weighted by Crippen LogP contribution is 2.30. The number of nitrogens with one attached hydrogen (secondary N) is 1. The van der Waals surface area contributed by atoms with Crippen LogP contribution < -0.4 is 10.1 Å². The molecule has 2 rings (SSSR count). The standard InChI is InChI=1S/C13H18FNO/c1-10-3-4-12(16-2)11(7-10)8-13(14)5-6-15-9-13/h3-4,7,15H,5-6,8-9H2,1-2H3. The average Bonchev–Trinajstić information content (AvgIpc) is 2.65. The molecule has 0 saturated carbocycles. The van der Waals surface area contributed by atoms with Crippen molar-refractivity contribution in [2.24, 2.45) is 0 Å². The van der Waals surface area contributed by atoms with Crippen LogP contribution in [0.2, 0.25) is 0 Å². The quantitative estimate of drug-likeness (QED) is 0.848. The lowest BCUT2D eigenvalue weighted by Gasteiger charge is -2.20. The third kappa shape index (κ3) is 2.35. The summed E-state index contributed by atoms with van der Waals surface area (Å²) in [4.78, 5) is 0. The van der Waals surface area contributed by atoms with Gasteiger partial charge in [0.2, 0.25) is 0 Å². The zero-order chi connectivity index (χ0) is 11.6. The summed E-state index contributed by atoms with van der Waals surface area (Å²) in [6.07, 6.45) is 1.02. The van der Waals surface area contributed by atoms with Crippen LogP contribution >= 0.6 is 0 Å². The van der Waals surface area contributed by atoms with Gasteiger partial charge in [-0.2, -0.15) is 0 Å². The maximum atomic E-state index is 14.3. The zero-order valence-corrected chi connectivity index (χ0v) is 9.85. The summed E-state index contributed by atoms with van der Waals surface area (Å²) in [6, 6.07) is 5.91. The van der Waals surface area contributed by atoms with Crippen LogP contribution in [0.5, 0.6) is 5.75 Å². The average molecular weight is 223 g/mol. The van der Waals surface area contributed by atoms with Crippen LogP contribution in [-0.2, 0) is 6.42 Å². The van der Waals surface area contributed by atoms with Gasteiger partial charge in [-0.15, -0.1) is 0 Å². The van der Waals surface area contributed by atoms with Gasteiger partial charge >= 0.3 is 0 Å². The fourth-order valence-electron chi connectivity index (χ4n) is 2.25. The number of aryl methyl sites for hydroxylation is 1. The van der Waals surface area contributed by atoms with E-state index in [1.54, 1.807) is 7.11 Å². The van der Waals surface area contributed by atoms with Crippen molar-refractivity contribution in [1.82, 2.24) is 5.32 Å². The SMILES string of the molecule is COc1ccc(C)cc1CC1(F)CCNC1. The minimum Gasteiger partial charge on any atom is -0.496 e. The van der Waals surface area contributed by atoms with Crippen molar-refractivity contribution in [2.75, 3.05) is 20.2 Å². The number of methoxy groups -OCH3 is 1. The van der Waals surface area contributed by atoms with E-state index in [9.17, 15) is 4.39 Å². The summed E-state index contributed by atoms with van der Waals surface area (Å²) >= 11 is 0. The Morgan fingerprint density at radius 2 is 2.31 bits per heavy atom. The number of hydrogen-bond acceptors (Lipinski definition) is 2. The fourth-order valence-corrected chi connectivity index (χ4v) is 2.25. The fraction of sp³-hybridized carbons (Fsp3) is 0.538. The molecule has 1 aromatic rings. The summed E-state index contributed by atoms with van der Waals surface area (Å²) in [5, 5.41) is 3.07. The van der Waals surface area contributed by atoms with Crippen LogP contribution in [0, 0.1) is 6.92 Å². The zero-order valence-electron chi connectivity index (χ0n) is 9.85. The Hall–Kier alpha value is -1.09. The molecular formula is C13H18FNO. The molecule has 1 atom stereocenters. The van der Waals surface area contributed by atoms with E-state index in [4.69, 9.17) is 4.74 Å². The van der Waals surface area contributed by atoms with Gasteiger partial charge in [0.1, 0.15) is 11.4 Å². The minimum absolute atomic E-state index is 0.435. The topological polar surface area (TPSA) is 21.3 Å². The lowest BCUT2D eigenvalue weighted by molar-refractivity contribution is 0.189. The number of alkyl halides is 1. The monoisotopic (exact) mass is 223 g/mol. The van der Waals surface area contributed by atoms with Gasteiger partial charge in [-0.1, -0.05) is 17.7 Å². The van der Waals surface area contributed by atoms with Crippen molar-refractivity contribution in [2.45, 2.75) is 25.4 Å². The van der Waals surface area contributed by atoms with Crippen LogP contribution in [0.25, 0.3) is 0 Å². The van der Waals surface area contributed by atoms with E-state index in [2.05, 4.69) is 5.32 Å². The molecule has 0 radical (unpaired) electrons. The molecule has 0 aromatic heterocycles. The minimum atomic E-state index is -1.11. The lowest BCUT2D eigenvalue weighted by Crippen LogP contribution is -2.28. The summed E-state index contributed by atoms with van der Waals surface area (Å²) in [7, 11) is 1.63. The molecule has 1 unspecified atom stereocenters. The Balaban J connectivity index is 2.22. The molecule has 1 aromatic carbocycles. The molecule has 88 valence electrons. The molecule has 1 fully saturated rings. The van der Waals surface area contributed by atoms with E-state index < -0.39 is 5.67 Å². The summed E-state index contributed by atoms with van der Waals surface area (Å²) in [5.41, 5.74) is 1.00. The lowest BCUT2D eigenvalue weighted by atomic mass is 9.94. The molecule has 0 amide bonds. The second-order valence-electron chi connectivity index (χ2n) is 4.57. The van der Waals surface area contributed by atoms with Gasteiger partial charge in [0.15, 0.2) is 0 Å². The van der Waals surface area contributed by atoms with Crippen molar-refractivity contribution >= 4 is 0 Å². The number of halogens is 1. The molecule has 1 saturated heterocycles.